The van der Waals surface area contributed by atoms with E-state index >= 15 is 0 Å². The Morgan fingerprint density at radius 3 is 3.12 bits per heavy atom. The van der Waals surface area contributed by atoms with E-state index in [0.29, 0.717) is 6.54 Å². The zero-order valence-electron chi connectivity index (χ0n) is 13.1. The first kappa shape index (κ1) is 15.5. The molecule has 1 aliphatic rings. The van der Waals surface area contributed by atoms with E-state index in [2.05, 4.69) is 16.4 Å². The number of carbonyl (C=O) groups excluding carboxylic acids is 1. The molecular formula is C17H17N3O2S2. The van der Waals surface area contributed by atoms with Crippen molar-refractivity contribution in [1.29, 1.82) is 0 Å². The van der Waals surface area contributed by atoms with Gasteiger partial charge in [0.2, 0.25) is 5.91 Å². The van der Waals surface area contributed by atoms with Gasteiger partial charge >= 0.3 is 0 Å². The van der Waals surface area contributed by atoms with Gasteiger partial charge in [-0.05, 0) is 42.7 Å². The molecule has 0 unspecified atom stereocenters. The molecule has 24 heavy (non-hydrogen) atoms. The standard InChI is InChI=1S/C17H17N3O2S2/c21-14(18-7-6-11-3-2-8-23-11)9-20-10-19-16-15(17(20)22)12-4-1-5-13(12)24-16/h2-3,8,10H,1,4-7,9H2,(H,18,21). The SMILES string of the molecule is O=C(Cn1cnc2sc3c(c2c1=O)CCC3)NCCc1cccs1. The summed E-state index contributed by atoms with van der Waals surface area (Å²) >= 11 is 3.30. The summed E-state index contributed by atoms with van der Waals surface area (Å²) in [5.74, 6) is -0.151. The van der Waals surface area contributed by atoms with Crippen LogP contribution in [0.2, 0.25) is 0 Å². The number of rotatable bonds is 5. The third-order valence-corrected chi connectivity index (χ3v) is 6.42. The molecule has 3 heterocycles. The Bertz CT molecular complexity index is 941. The molecule has 0 saturated heterocycles. The summed E-state index contributed by atoms with van der Waals surface area (Å²) in [7, 11) is 0. The zero-order chi connectivity index (χ0) is 16.5. The van der Waals surface area contributed by atoms with E-state index in [1.807, 2.05) is 11.4 Å². The first-order valence-electron chi connectivity index (χ1n) is 8.01. The number of carbonyl (C=O) groups is 1. The maximum atomic E-state index is 12.7. The molecule has 3 aromatic rings. The number of hydrogen-bond acceptors (Lipinski definition) is 5. The van der Waals surface area contributed by atoms with Crippen LogP contribution in [-0.2, 0) is 30.6 Å². The van der Waals surface area contributed by atoms with Crippen LogP contribution >= 0.6 is 22.7 Å². The van der Waals surface area contributed by atoms with E-state index in [1.165, 1.54) is 20.6 Å². The molecule has 7 heteroatoms. The van der Waals surface area contributed by atoms with Crippen LogP contribution in [0.3, 0.4) is 0 Å². The largest absolute Gasteiger partial charge is 0.354 e. The van der Waals surface area contributed by atoms with Crippen LogP contribution in [0.15, 0.2) is 28.6 Å². The lowest BCUT2D eigenvalue weighted by Crippen LogP contribution is -2.33. The van der Waals surface area contributed by atoms with Crippen LogP contribution in [0, 0.1) is 0 Å². The highest BCUT2D eigenvalue weighted by Gasteiger charge is 2.21. The van der Waals surface area contributed by atoms with E-state index in [0.717, 1.165) is 41.5 Å². The fourth-order valence-electron chi connectivity index (χ4n) is 3.12. The lowest BCUT2D eigenvalue weighted by Gasteiger charge is -2.07. The van der Waals surface area contributed by atoms with Crippen LogP contribution in [0.25, 0.3) is 10.2 Å². The molecule has 1 aliphatic carbocycles. The van der Waals surface area contributed by atoms with E-state index in [4.69, 9.17) is 0 Å². The summed E-state index contributed by atoms with van der Waals surface area (Å²) < 4.78 is 1.42. The van der Waals surface area contributed by atoms with Crippen LogP contribution < -0.4 is 10.9 Å². The minimum atomic E-state index is -0.151. The lowest BCUT2D eigenvalue weighted by atomic mass is 10.2. The first-order valence-corrected chi connectivity index (χ1v) is 9.71. The fraction of sp³-hybridized carbons (Fsp3) is 0.353. The first-order chi connectivity index (χ1) is 11.7. The molecule has 1 amide bonds. The van der Waals surface area contributed by atoms with Gasteiger partial charge in [-0.2, -0.15) is 0 Å². The third-order valence-electron chi connectivity index (χ3n) is 4.28. The van der Waals surface area contributed by atoms with Crippen molar-refractivity contribution in [2.45, 2.75) is 32.2 Å². The van der Waals surface area contributed by atoms with E-state index in [-0.39, 0.29) is 18.0 Å². The normalized spacial score (nSPS) is 13.3. The van der Waals surface area contributed by atoms with Crippen molar-refractivity contribution < 1.29 is 4.79 Å². The van der Waals surface area contributed by atoms with Crippen molar-refractivity contribution in [2.75, 3.05) is 6.54 Å². The van der Waals surface area contributed by atoms with Crippen LogP contribution in [0.4, 0.5) is 0 Å². The maximum Gasteiger partial charge on any atom is 0.262 e. The van der Waals surface area contributed by atoms with E-state index in [9.17, 15) is 9.59 Å². The topological polar surface area (TPSA) is 64.0 Å². The minimum Gasteiger partial charge on any atom is -0.354 e. The van der Waals surface area contributed by atoms with Crippen molar-refractivity contribution in [3.63, 3.8) is 0 Å². The quantitative estimate of drug-likeness (QED) is 0.761. The van der Waals surface area contributed by atoms with Crippen LogP contribution in [0.1, 0.15) is 21.7 Å². The Morgan fingerprint density at radius 1 is 1.38 bits per heavy atom. The van der Waals surface area contributed by atoms with Gasteiger partial charge in [0.15, 0.2) is 0 Å². The van der Waals surface area contributed by atoms with Gasteiger partial charge in [0.25, 0.3) is 5.56 Å². The molecule has 4 rings (SSSR count). The fourth-order valence-corrected chi connectivity index (χ4v) is 5.05. The highest BCUT2D eigenvalue weighted by molar-refractivity contribution is 7.18. The number of fused-ring (bicyclic) bond motifs is 3. The Morgan fingerprint density at radius 2 is 2.29 bits per heavy atom. The van der Waals surface area contributed by atoms with Crippen molar-refractivity contribution in [2.24, 2.45) is 0 Å². The summed E-state index contributed by atoms with van der Waals surface area (Å²) in [5.41, 5.74) is 1.06. The van der Waals surface area contributed by atoms with Crippen LogP contribution in [-0.4, -0.2) is 22.0 Å². The minimum absolute atomic E-state index is 0.0246. The van der Waals surface area contributed by atoms with Gasteiger partial charge in [-0.3, -0.25) is 14.2 Å². The summed E-state index contributed by atoms with van der Waals surface area (Å²) in [5, 5.41) is 5.62. The summed E-state index contributed by atoms with van der Waals surface area (Å²) in [6.07, 6.45) is 5.40. The Kier molecular flexibility index (Phi) is 4.20. The second kappa shape index (κ2) is 6.49. The molecule has 0 aliphatic heterocycles. The molecule has 0 bridgehead atoms. The van der Waals surface area contributed by atoms with Gasteiger partial charge in [-0.25, -0.2) is 4.98 Å². The average molecular weight is 359 g/mol. The summed E-state index contributed by atoms with van der Waals surface area (Å²) in [6.45, 7) is 0.606. The number of amides is 1. The molecule has 0 fully saturated rings. The molecule has 0 radical (unpaired) electrons. The van der Waals surface area contributed by atoms with Crippen molar-refractivity contribution in [3.05, 3.63) is 49.5 Å². The number of nitrogens with one attached hydrogen (secondary N) is 1. The molecule has 124 valence electrons. The van der Waals surface area contributed by atoms with E-state index < -0.39 is 0 Å². The molecule has 1 N–H and O–H groups in total. The van der Waals surface area contributed by atoms with Crippen LogP contribution in [0.5, 0.6) is 0 Å². The lowest BCUT2D eigenvalue weighted by molar-refractivity contribution is -0.121. The maximum absolute atomic E-state index is 12.7. The Balaban J connectivity index is 1.47. The average Bonchev–Trinajstić information content (AvgIpc) is 3.26. The highest BCUT2D eigenvalue weighted by Crippen LogP contribution is 2.34. The van der Waals surface area contributed by atoms with Gasteiger partial charge in [-0.15, -0.1) is 22.7 Å². The van der Waals surface area contributed by atoms with Crippen molar-refractivity contribution in [3.8, 4) is 0 Å². The number of hydrogen-bond donors (Lipinski definition) is 1. The zero-order valence-corrected chi connectivity index (χ0v) is 14.7. The number of nitrogens with zero attached hydrogens (tertiary/aromatic N) is 2. The molecule has 0 saturated carbocycles. The second-order valence-electron chi connectivity index (χ2n) is 5.89. The third kappa shape index (κ3) is 2.89. The number of aromatic nitrogens is 2. The monoisotopic (exact) mass is 359 g/mol. The van der Waals surface area contributed by atoms with Gasteiger partial charge in [0, 0.05) is 16.3 Å². The Hall–Kier alpha value is -1.99. The molecular weight excluding hydrogens is 342 g/mol. The Labute approximate surface area is 147 Å². The van der Waals surface area contributed by atoms with Gasteiger partial charge in [-0.1, -0.05) is 6.07 Å². The molecule has 0 aromatic carbocycles. The van der Waals surface area contributed by atoms with Crippen molar-refractivity contribution >= 4 is 38.8 Å². The van der Waals surface area contributed by atoms with Gasteiger partial charge in [0.05, 0.1) is 11.7 Å². The predicted octanol–water partition coefficient (Wildman–Crippen LogP) is 2.37. The van der Waals surface area contributed by atoms with E-state index in [1.54, 1.807) is 22.7 Å². The number of aryl methyl sites for hydroxylation is 2. The second-order valence-corrected chi connectivity index (χ2v) is 8.01. The van der Waals surface area contributed by atoms with Gasteiger partial charge < -0.3 is 5.32 Å². The summed E-state index contributed by atoms with van der Waals surface area (Å²) in [6, 6.07) is 4.05. The molecule has 3 aromatic heterocycles. The molecule has 0 spiro atoms. The summed E-state index contributed by atoms with van der Waals surface area (Å²) in [4.78, 5) is 32.5. The molecule has 5 nitrogen and oxygen atoms in total. The number of thiophene rings is 2. The van der Waals surface area contributed by atoms with Crippen molar-refractivity contribution in [1.82, 2.24) is 14.9 Å². The molecule has 0 atom stereocenters. The smallest absolute Gasteiger partial charge is 0.262 e. The predicted molar refractivity (Wildman–Crippen MR) is 96.9 cm³/mol. The van der Waals surface area contributed by atoms with Gasteiger partial charge in [0.1, 0.15) is 11.4 Å². The highest BCUT2D eigenvalue weighted by atomic mass is 32.1.